The Kier molecular flexibility index (Phi) is 4.90. The van der Waals surface area contributed by atoms with Crippen molar-refractivity contribution in [1.82, 2.24) is 14.8 Å². The normalized spacial score (nSPS) is 15.4. The standard InChI is InChI=1S/C21H21N5O3/c1-13-18(20(22)27)19(26-21(25-13)23-12-24-26)15-8-9-16(17(10-15)28-2)29-11-14-6-4-3-5-7-14/h3-10,12,19H,11H2,1-2H3,(H2,22,27)(H,23,24,25). The topological polar surface area (TPSA) is 104 Å². The number of amides is 1. The van der Waals surface area contributed by atoms with Gasteiger partial charge in [-0.25, -0.2) is 4.68 Å². The van der Waals surface area contributed by atoms with E-state index in [0.717, 1.165) is 11.1 Å². The molecule has 1 aliphatic rings. The molecule has 0 fully saturated rings. The van der Waals surface area contributed by atoms with Crippen LogP contribution in [0.2, 0.25) is 0 Å². The number of hydrogen-bond acceptors (Lipinski definition) is 6. The van der Waals surface area contributed by atoms with Crippen molar-refractivity contribution in [3.63, 3.8) is 0 Å². The molecule has 8 heteroatoms. The van der Waals surface area contributed by atoms with Crippen molar-refractivity contribution in [2.24, 2.45) is 5.73 Å². The van der Waals surface area contributed by atoms with E-state index in [1.165, 1.54) is 6.33 Å². The van der Waals surface area contributed by atoms with Crippen LogP contribution in [0.5, 0.6) is 11.5 Å². The van der Waals surface area contributed by atoms with Crippen molar-refractivity contribution in [3.05, 3.63) is 77.3 Å². The van der Waals surface area contributed by atoms with Crippen molar-refractivity contribution < 1.29 is 14.3 Å². The Labute approximate surface area is 168 Å². The fraction of sp³-hybridized carbons (Fsp3) is 0.190. The van der Waals surface area contributed by atoms with Crippen molar-refractivity contribution in [3.8, 4) is 11.5 Å². The molecule has 2 aromatic carbocycles. The molecular formula is C21H21N5O3. The Morgan fingerprint density at radius 1 is 1.21 bits per heavy atom. The van der Waals surface area contributed by atoms with E-state index in [-0.39, 0.29) is 0 Å². The van der Waals surface area contributed by atoms with Crippen LogP contribution in [0.3, 0.4) is 0 Å². The number of carbonyl (C=O) groups excluding carboxylic acids is 1. The van der Waals surface area contributed by atoms with Gasteiger partial charge in [0.1, 0.15) is 19.0 Å². The zero-order chi connectivity index (χ0) is 20.4. The Hall–Kier alpha value is -3.81. The lowest BCUT2D eigenvalue weighted by molar-refractivity contribution is -0.115. The summed E-state index contributed by atoms with van der Waals surface area (Å²) in [7, 11) is 1.58. The number of carbonyl (C=O) groups is 1. The summed E-state index contributed by atoms with van der Waals surface area (Å²) in [4.78, 5) is 16.4. The fourth-order valence-corrected chi connectivity index (χ4v) is 3.43. The minimum atomic E-state index is -0.524. The van der Waals surface area contributed by atoms with Crippen LogP contribution in [0.1, 0.15) is 24.1 Å². The second kappa shape index (κ2) is 7.67. The van der Waals surface area contributed by atoms with Crippen LogP contribution in [0.15, 0.2) is 66.1 Å². The number of nitrogens with zero attached hydrogens (tertiary/aromatic N) is 3. The fourth-order valence-electron chi connectivity index (χ4n) is 3.43. The van der Waals surface area contributed by atoms with Crippen LogP contribution in [-0.4, -0.2) is 27.8 Å². The van der Waals surface area contributed by atoms with E-state index >= 15 is 0 Å². The summed E-state index contributed by atoms with van der Waals surface area (Å²) in [6, 6.07) is 14.9. The van der Waals surface area contributed by atoms with Crippen molar-refractivity contribution in [2.75, 3.05) is 12.4 Å². The van der Waals surface area contributed by atoms with E-state index in [1.807, 2.05) is 48.5 Å². The minimum Gasteiger partial charge on any atom is -0.493 e. The highest BCUT2D eigenvalue weighted by Crippen LogP contribution is 2.38. The maximum Gasteiger partial charge on any atom is 0.248 e. The number of aromatic nitrogens is 3. The SMILES string of the molecule is COc1cc(C2C(C(N)=O)=C(C)Nc3ncnn32)ccc1OCc1ccccc1. The number of anilines is 1. The second-order valence-electron chi connectivity index (χ2n) is 6.64. The first-order chi connectivity index (χ1) is 14.1. The number of allylic oxidation sites excluding steroid dienone is 1. The first kappa shape index (κ1) is 18.5. The number of hydrogen-bond donors (Lipinski definition) is 2. The molecule has 0 saturated carbocycles. The molecule has 0 saturated heterocycles. The summed E-state index contributed by atoms with van der Waals surface area (Å²) in [6.07, 6.45) is 1.43. The molecular weight excluding hydrogens is 370 g/mol. The molecule has 3 N–H and O–H groups in total. The molecule has 0 aliphatic carbocycles. The molecule has 1 aliphatic heterocycles. The number of primary amides is 1. The van der Waals surface area contributed by atoms with Crippen molar-refractivity contribution in [1.29, 1.82) is 0 Å². The van der Waals surface area contributed by atoms with Gasteiger partial charge in [0.15, 0.2) is 11.5 Å². The molecule has 1 aromatic heterocycles. The molecule has 29 heavy (non-hydrogen) atoms. The Balaban J connectivity index is 1.69. The molecule has 1 amide bonds. The predicted molar refractivity (Wildman–Crippen MR) is 107 cm³/mol. The van der Waals surface area contributed by atoms with Crippen LogP contribution in [0.25, 0.3) is 0 Å². The molecule has 0 radical (unpaired) electrons. The van der Waals surface area contributed by atoms with Gasteiger partial charge in [0, 0.05) is 5.70 Å². The molecule has 0 bridgehead atoms. The summed E-state index contributed by atoms with van der Waals surface area (Å²) < 4.78 is 13.1. The highest BCUT2D eigenvalue weighted by atomic mass is 16.5. The summed E-state index contributed by atoms with van der Waals surface area (Å²) in [5, 5.41) is 7.33. The Bertz CT molecular complexity index is 1070. The number of fused-ring (bicyclic) bond motifs is 1. The monoisotopic (exact) mass is 391 g/mol. The number of methoxy groups -OCH3 is 1. The lowest BCUT2D eigenvalue weighted by Crippen LogP contribution is -2.31. The first-order valence-electron chi connectivity index (χ1n) is 9.10. The van der Waals surface area contributed by atoms with E-state index in [9.17, 15) is 4.79 Å². The average Bonchev–Trinajstić information content (AvgIpc) is 3.19. The van der Waals surface area contributed by atoms with Gasteiger partial charge in [0.25, 0.3) is 0 Å². The predicted octanol–water partition coefficient (Wildman–Crippen LogP) is 2.64. The van der Waals surface area contributed by atoms with Gasteiger partial charge in [-0.2, -0.15) is 10.1 Å². The number of nitrogens with two attached hydrogens (primary N) is 1. The lowest BCUT2D eigenvalue weighted by atomic mass is 9.95. The summed E-state index contributed by atoms with van der Waals surface area (Å²) >= 11 is 0. The molecule has 3 aromatic rings. The maximum absolute atomic E-state index is 12.2. The molecule has 1 atom stereocenters. The van der Waals surface area contributed by atoms with Gasteiger partial charge in [-0.1, -0.05) is 36.4 Å². The largest absolute Gasteiger partial charge is 0.493 e. The van der Waals surface area contributed by atoms with Crippen LogP contribution >= 0.6 is 0 Å². The molecule has 0 spiro atoms. The zero-order valence-corrected chi connectivity index (χ0v) is 16.1. The van der Waals surface area contributed by atoms with Crippen LogP contribution in [0, 0.1) is 0 Å². The van der Waals surface area contributed by atoms with Gasteiger partial charge in [-0.15, -0.1) is 0 Å². The highest BCUT2D eigenvalue weighted by Gasteiger charge is 2.32. The van der Waals surface area contributed by atoms with Gasteiger partial charge in [0.05, 0.1) is 12.7 Å². The van der Waals surface area contributed by atoms with E-state index in [2.05, 4.69) is 15.4 Å². The third-order valence-corrected chi connectivity index (χ3v) is 4.80. The highest BCUT2D eigenvalue weighted by molar-refractivity contribution is 5.95. The number of ether oxygens (including phenoxy) is 2. The zero-order valence-electron chi connectivity index (χ0n) is 16.1. The maximum atomic E-state index is 12.2. The van der Waals surface area contributed by atoms with E-state index in [4.69, 9.17) is 15.2 Å². The smallest absolute Gasteiger partial charge is 0.248 e. The summed E-state index contributed by atoms with van der Waals surface area (Å²) in [5.41, 5.74) is 8.58. The quantitative estimate of drug-likeness (QED) is 0.669. The van der Waals surface area contributed by atoms with E-state index in [1.54, 1.807) is 18.7 Å². The Morgan fingerprint density at radius 3 is 2.72 bits per heavy atom. The average molecular weight is 391 g/mol. The van der Waals surface area contributed by atoms with Crippen molar-refractivity contribution >= 4 is 11.9 Å². The van der Waals surface area contributed by atoms with Gasteiger partial charge >= 0.3 is 0 Å². The molecule has 148 valence electrons. The van der Waals surface area contributed by atoms with Gasteiger partial charge in [0.2, 0.25) is 11.9 Å². The van der Waals surface area contributed by atoms with Gasteiger partial charge in [-0.3, -0.25) is 4.79 Å². The number of nitrogens with one attached hydrogen (secondary N) is 1. The van der Waals surface area contributed by atoms with Crippen LogP contribution in [-0.2, 0) is 11.4 Å². The third-order valence-electron chi connectivity index (χ3n) is 4.80. The summed E-state index contributed by atoms with van der Waals surface area (Å²) in [5.74, 6) is 1.18. The van der Waals surface area contributed by atoms with Gasteiger partial charge in [-0.05, 0) is 30.2 Å². The molecule has 8 nitrogen and oxygen atoms in total. The molecule has 2 heterocycles. The second-order valence-corrected chi connectivity index (χ2v) is 6.64. The van der Waals surface area contributed by atoms with Gasteiger partial charge < -0.3 is 20.5 Å². The third kappa shape index (κ3) is 3.52. The minimum absolute atomic E-state index is 0.419. The first-order valence-corrected chi connectivity index (χ1v) is 9.10. The molecule has 1 unspecified atom stereocenters. The van der Waals surface area contributed by atoms with Crippen LogP contribution in [0.4, 0.5) is 5.95 Å². The van der Waals surface area contributed by atoms with Crippen molar-refractivity contribution in [2.45, 2.75) is 19.6 Å². The number of rotatable bonds is 6. The molecule has 4 rings (SSSR count). The number of benzene rings is 2. The summed E-state index contributed by atoms with van der Waals surface area (Å²) in [6.45, 7) is 2.21. The van der Waals surface area contributed by atoms with E-state index in [0.29, 0.717) is 35.3 Å². The Morgan fingerprint density at radius 2 is 2.00 bits per heavy atom. The van der Waals surface area contributed by atoms with E-state index < -0.39 is 11.9 Å². The van der Waals surface area contributed by atoms with Crippen LogP contribution < -0.4 is 20.5 Å². The lowest BCUT2D eigenvalue weighted by Gasteiger charge is -2.28.